The average Bonchev–Trinajstić information content (AvgIpc) is 2.32. The van der Waals surface area contributed by atoms with Crippen LogP contribution in [-0.4, -0.2) is 36.3 Å². The van der Waals surface area contributed by atoms with Crippen molar-refractivity contribution in [2.75, 3.05) is 26.1 Å². The third-order valence-corrected chi connectivity index (χ3v) is 3.44. The van der Waals surface area contributed by atoms with Crippen LogP contribution in [0.15, 0.2) is 11.2 Å². The van der Waals surface area contributed by atoms with Gasteiger partial charge in [-0.2, -0.15) is 4.39 Å². The van der Waals surface area contributed by atoms with Crippen LogP contribution in [-0.2, 0) is 25.1 Å². The molecule has 1 atom stereocenters. The van der Waals surface area contributed by atoms with E-state index in [-0.39, 0.29) is 6.61 Å². The normalized spacial score (nSPS) is 13.4. The predicted molar refractivity (Wildman–Crippen MR) is 69.2 cm³/mol. The minimum Gasteiger partial charge on any atom is -0.462 e. The van der Waals surface area contributed by atoms with Crippen LogP contribution < -0.4 is 0 Å². The van der Waals surface area contributed by atoms with E-state index < -0.39 is 21.9 Å². The molecule has 6 heteroatoms. The molecule has 106 valence electrons. The highest BCUT2D eigenvalue weighted by molar-refractivity contribution is 7.88. The van der Waals surface area contributed by atoms with Crippen LogP contribution in [0.1, 0.15) is 32.6 Å². The highest BCUT2D eigenvalue weighted by Crippen LogP contribution is 2.08. The van der Waals surface area contributed by atoms with E-state index in [1.54, 1.807) is 7.11 Å². The van der Waals surface area contributed by atoms with Crippen LogP contribution in [0.3, 0.4) is 0 Å². The lowest BCUT2D eigenvalue weighted by molar-refractivity contribution is -0.139. The first-order valence-electron chi connectivity index (χ1n) is 5.94. The molecule has 0 rings (SSSR count). The van der Waals surface area contributed by atoms with Crippen molar-refractivity contribution in [1.29, 1.82) is 0 Å². The second-order valence-corrected chi connectivity index (χ2v) is 5.26. The molecule has 0 N–H and O–H groups in total. The predicted octanol–water partition coefficient (Wildman–Crippen LogP) is 2.32. The largest absolute Gasteiger partial charge is 0.462 e. The SMILES string of the molecule is COCCCCCCS(=O)/C(F)=C/COC(C)=O. The number of carbonyl (C=O) groups excluding carboxylic acids is 1. The fourth-order valence-electron chi connectivity index (χ4n) is 1.25. The number of ether oxygens (including phenoxy) is 2. The standard InChI is InChI=1S/C12H21FO4S/c1-11(14)17-9-7-12(13)18(15)10-6-4-3-5-8-16-2/h7H,3-6,8-10H2,1-2H3/b12-7+. The highest BCUT2D eigenvalue weighted by Gasteiger charge is 2.06. The Labute approximate surface area is 110 Å². The molecule has 0 bridgehead atoms. The average molecular weight is 280 g/mol. The molecule has 0 heterocycles. The number of carbonyl (C=O) groups is 1. The summed E-state index contributed by atoms with van der Waals surface area (Å²) in [6.07, 6.45) is 4.62. The van der Waals surface area contributed by atoms with Gasteiger partial charge in [-0.1, -0.05) is 12.8 Å². The van der Waals surface area contributed by atoms with E-state index in [2.05, 4.69) is 4.74 Å². The van der Waals surface area contributed by atoms with Crippen LogP contribution in [0.25, 0.3) is 0 Å². The summed E-state index contributed by atoms with van der Waals surface area (Å²) in [5.74, 6) is -0.182. The minimum absolute atomic E-state index is 0.166. The quantitative estimate of drug-likeness (QED) is 0.455. The number of methoxy groups -OCH3 is 1. The molecule has 0 aliphatic rings. The van der Waals surface area contributed by atoms with E-state index in [9.17, 15) is 13.4 Å². The van der Waals surface area contributed by atoms with Gasteiger partial charge in [-0.25, -0.2) is 0 Å². The molecule has 0 aromatic carbocycles. The van der Waals surface area contributed by atoms with Crippen molar-refractivity contribution in [2.45, 2.75) is 32.6 Å². The van der Waals surface area contributed by atoms with E-state index >= 15 is 0 Å². The van der Waals surface area contributed by atoms with Gasteiger partial charge in [0.25, 0.3) is 0 Å². The fourth-order valence-corrected chi connectivity index (χ4v) is 2.16. The molecule has 0 aliphatic heterocycles. The smallest absolute Gasteiger partial charge is 0.302 e. The summed E-state index contributed by atoms with van der Waals surface area (Å²) in [7, 11) is 0.0363. The lowest BCUT2D eigenvalue weighted by atomic mass is 10.2. The van der Waals surface area contributed by atoms with Crippen molar-refractivity contribution in [2.24, 2.45) is 0 Å². The van der Waals surface area contributed by atoms with Crippen molar-refractivity contribution < 1.29 is 22.9 Å². The molecule has 0 spiro atoms. The summed E-state index contributed by atoms with van der Waals surface area (Å²) < 4.78 is 34.1. The zero-order valence-corrected chi connectivity index (χ0v) is 11.8. The first kappa shape index (κ1) is 17.2. The van der Waals surface area contributed by atoms with Crippen molar-refractivity contribution >= 4 is 16.8 Å². The zero-order chi connectivity index (χ0) is 13.8. The first-order chi connectivity index (χ1) is 8.57. The molecule has 0 aromatic rings. The van der Waals surface area contributed by atoms with E-state index in [1.165, 1.54) is 6.92 Å². The molecule has 1 unspecified atom stereocenters. The van der Waals surface area contributed by atoms with E-state index in [0.717, 1.165) is 31.9 Å². The van der Waals surface area contributed by atoms with Gasteiger partial charge in [0.2, 0.25) is 0 Å². The van der Waals surface area contributed by atoms with Crippen LogP contribution in [0.2, 0.25) is 0 Å². The maximum absolute atomic E-state index is 13.2. The van der Waals surface area contributed by atoms with E-state index in [1.807, 2.05) is 0 Å². The summed E-state index contributed by atoms with van der Waals surface area (Å²) in [4.78, 5) is 10.4. The molecule has 0 fully saturated rings. The van der Waals surface area contributed by atoms with Crippen LogP contribution in [0.5, 0.6) is 0 Å². The van der Waals surface area contributed by atoms with Gasteiger partial charge in [0.05, 0.1) is 10.8 Å². The molecular weight excluding hydrogens is 259 g/mol. The monoisotopic (exact) mass is 280 g/mol. The van der Waals surface area contributed by atoms with Crippen molar-refractivity contribution in [3.8, 4) is 0 Å². The number of hydrogen-bond donors (Lipinski definition) is 0. The molecule has 0 aromatic heterocycles. The topological polar surface area (TPSA) is 52.6 Å². The maximum atomic E-state index is 13.2. The molecule has 0 radical (unpaired) electrons. The number of halogens is 1. The van der Waals surface area contributed by atoms with Gasteiger partial charge >= 0.3 is 5.97 Å². The van der Waals surface area contributed by atoms with Gasteiger partial charge in [-0.3, -0.25) is 9.00 Å². The van der Waals surface area contributed by atoms with Gasteiger partial charge in [-0.15, -0.1) is 0 Å². The lowest BCUT2D eigenvalue weighted by Crippen LogP contribution is -2.02. The Kier molecular flexibility index (Phi) is 10.9. The second kappa shape index (κ2) is 11.3. The Balaban J connectivity index is 3.64. The third kappa shape index (κ3) is 10.4. The second-order valence-electron chi connectivity index (χ2n) is 3.77. The van der Waals surface area contributed by atoms with Crippen molar-refractivity contribution in [3.63, 3.8) is 0 Å². The summed E-state index contributed by atoms with van der Waals surface area (Å²) in [5, 5.41) is -0.715. The minimum atomic E-state index is -1.61. The van der Waals surface area contributed by atoms with Crippen LogP contribution >= 0.6 is 0 Å². The van der Waals surface area contributed by atoms with Gasteiger partial charge < -0.3 is 9.47 Å². The van der Waals surface area contributed by atoms with Gasteiger partial charge in [-0.05, 0) is 18.9 Å². The number of unbranched alkanes of at least 4 members (excludes halogenated alkanes) is 3. The molecule has 4 nitrogen and oxygen atoms in total. The molecular formula is C12H21FO4S. The summed E-state index contributed by atoms with van der Waals surface area (Å²) in [6.45, 7) is 1.79. The Hall–Kier alpha value is -0.750. The van der Waals surface area contributed by atoms with Crippen LogP contribution in [0.4, 0.5) is 4.39 Å². The summed E-state index contributed by atoms with van der Waals surface area (Å²) in [6, 6.07) is 0. The number of esters is 1. The van der Waals surface area contributed by atoms with Gasteiger partial charge in [0.15, 0.2) is 5.16 Å². The van der Waals surface area contributed by atoms with Gasteiger partial charge in [0.1, 0.15) is 6.61 Å². The first-order valence-corrected chi connectivity index (χ1v) is 7.26. The summed E-state index contributed by atoms with van der Waals surface area (Å²) in [5.41, 5.74) is 0. The highest BCUT2D eigenvalue weighted by atomic mass is 32.2. The van der Waals surface area contributed by atoms with Gasteiger partial charge in [0, 0.05) is 26.4 Å². The third-order valence-electron chi connectivity index (χ3n) is 2.18. The Morgan fingerprint density at radius 1 is 1.28 bits per heavy atom. The molecule has 0 aliphatic carbocycles. The number of hydrogen-bond acceptors (Lipinski definition) is 4. The van der Waals surface area contributed by atoms with E-state index in [0.29, 0.717) is 12.2 Å². The van der Waals surface area contributed by atoms with Crippen molar-refractivity contribution in [1.82, 2.24) is 0 Å². The molecule has 0 saturated carbocycles. The Morgan fingerprint density at radius 2 is 1.94 bits per heavy atom. The zero-order valence-electron chi connectivity index (χ0n) is 10.9. The maximum Gasteiger partial charge on any atom is 0.302 e. The van der Waals surface area contributed by atoms with Crippen LogP contribution in [0, 0.1) is 0 Å². The molecule has 0 amide bonds. The number of rotatable bonds is 10. The fraction of sp³-hybridized carbons (Fsp3) is 0.750. The Bertz CT molecular complexity index is 292. The van der Waals surface area contributed by atoms with Crippen molar-refractivity contribution in [3.05, 3.63) is 11.2 Å². The molecule has 0 saturated heterocycles. The Morgan fingerprint density at radius 3 is 2.56 bits per heavy atom. The molecule has 18 heavy (non-hydrogen) atoms. The van der Waals surface area contributed by atoms with E-state index in [4.69, 9.17) is 4.74 Å². The summed E-state index contributed by atoms with van der Waals surface area (Å²) >= 11 is 0. The lowest BCUT2D eigenvalue weighted by Gasteiger charge is -2.01.